The van der Waals surface area contributed by atoms with Gasteiger partial charge in [0, 0.05) is 32.3 Å². The van der Waals surface area contributed by atoms with E-state index in [1.807, 2.05) is 44.9 Å². The third-order valence-corrected chi connectivity index (χ3v) is 10.5. The van der Waals surface area contributed by atoms with Crippen LogP contribution in [-0.4, -0.2) is 93.4 Å². The summed E-state index contributed by atoms with van der Waals surface area (Å²) in [6.45, 7) is 8.84. The normalized spacial score (nSPS) is 18.6. The standard InChI is InChI=1S/C41H49N7O6/c1-24(52-5)30(22-43-39(50)53-6)38(49)47-17-7-9-34(47)36-42-23-33(46-36)29-14-13-25-19-26(11-12-27(25)20-29)28-15-16-31-32(21-28)45-37(44-31)35-10-8-18-48(35)40(51)54-41(2,3)4/h11-16,19-21,23-24,30,34-35H,7-10,17-18,22H2,1-6H3,(H,42,46)(H,43,50)(H,44,45)/t24-,30+,34?,35+/m1/s1. The lowest BCUT2D eigenvalue weighted by Gasteiger charge is -2.30. The van der Waals surface area contributed by atoms with Crippen molar-refractivity contribution in [1.82, 2.24) is 35.1 Å². The lowest BCUT2D eigenvalue weighted by molar-refractivity contribution is -0.140. The van der Waals surface area contributed by atoms with Crippen LogP contribution in [0.15, 0.2) is 60.8 Å². The van der Waals surface area contributed by atoms with E-state index in [2.05, 4.69) is 63.8 Å². The molecule has 1 unspecified atom stereocenters. The molecule has 13 heteroatoms. The highest BCUT2D eigenvalue weighted by Gasteiger charge is 2.38. The zero-order chi connectivity index (χ0) is 38.1. The van der Waals surface area contributed by atoms with Gasteiger partial charge in [0.1, 0.15) is 17.2 Å². The minimum absolute atomic E-state index is 0.0894. The van der Waals surface area contributed by atoms with E-state index < -0.39 is 23.7 Å². The molecule has 2 saturated heterocycles. The number of fused-ring (bicyclic) bond motifs is 2. The molecule has 4 atom stereocenters. The van der Waals surface area contributed by atoms with E-state index in [9.17, 15) is 14.4 Å². The summed E-state index contributed by atoms with van der Waals surface area (Å²) in [6.07, 6.45) is 3.91. The van der Waals surface area contributed by atoms with Gasteiger partial charge in [0.15, 0.2) is 0 Å². The van der Waals surface area contributed by atoms with Crippen LogP contribution in [0.25, 0.3) is 44.2 Å². The number of nitrogens with zero attached hydrogens (tertiary/aromatic N) is 4. The molecular formula is C41H49N7O6. The first kappa shape index (κ1) is 36.9. The quantitative estimate of drug-likeness (QED) is 0.141. The number of carbonyl (C=O) groups is 3. The van der Waals surface area contributed by atoms with Crippen LogP contribution in [0.5, 0.6) is 0 Å². The largest absolute Gasteiger partial charge is 0.453 e. The molecule has 284 valence electrons. The second kappa shape index (κ2) is 15.1. The number of amides is 3. The Hall–Kier alpha value is -5.43. The van der Waals surface area contributed by atoms with Crippen molar-refractivity contribution in [2.75, 3.05) is 33.9 Å². The molecule has 2 aliphatic rings. The highest BCUT2D eigenvalue weighted by atomic mass is 16.6. The van der Waals surface area contributed by atoms with Crippen molar-refractivity contribution in [1.29, 1.82) is 0 Å². The number of aromatic amines is 2. The number of hydrogen-bond donors (Lipinski definition) is 3. The zero-order valence-electron chi connectivity index (χ0n) is 31.8. The van der Waals surface area contributed by atoms with Gasteiger partial charge in [-0.25, -0.2) is 19.6 Å². The second-order valence-electron chi connectivity index (χ2n) is 15.3. The average Bonchev–Trinajstić information content (AvgIpc) is 3.99. The fourth-order valence-electron chi connectivity index (χ4n) is 7.61. The molecule has 3 N–H and O–H groups in total. The van der Waals surface area contributed by atoms with Crippen LogP contribution >= 0.6 is 0 Å². The van der Waals surface area contributed by atoms with Crippen LogP contribution in [0.4, 0.5) is 9.59 Å². The maximum atomic E-state index is 13.8. The molecular weight excluding hydrogens is 686 g/mol. The fourth-order valence-corrected chi connectivity index (χ4v) is 7.61. The Kier molecular flexibility index (Phi) is 10.3. The number of H-pyrrole nitrogens is 2. The number of likely N-dealkylation sites (tertiary alicyclic amines) is 2. The third-order valence-electron chi connectivity index (χ3n) is 10.5. The second-order valence-corrected chi connectivity index (χ2v) is 15.3. The van der Waals surface area contributed by atoms with Crippen molar-refractivity contribution >= 4 is 39.9 Å². The zero-order valence-corrected chi connectivity index (χ0v) is 31.8. The minimum Gasteiger partial charge on any atom is -0.453 e. The van der Waals surface area contributed by atoms with Crippen LogP contribution < -0.4 is 5.32 Å². The summed E-state index contributed by atoms with van der Waals surface area (Å²) in [6, 6.07) is 18.7. The van der Waals surface area contributed by atoms with E-state index in [1.54, 1.807) is 12.0 Å². The Bertz CT molecular complexity index is 2170. The van der Waals surface area contributed by atoms with Crippen LogP contribution in [0.3, 0.4) is 0 Å². The third kappa shape index (κ3) is 7.63. The summed E-state index contributed by atoms with van der Waals surface area (Å²) in [7, 11) is 2.85. The summed E-state index contributed by atoms with van der Waals surface area (Å²) in [5, 5.41) is 4.85. The summed E-state index contributed by atoms with van der Waals surface area (Å²) in [5.41, 5.74) is 5.25. The molecule has 54 heavy (non-hydrogen) atoms. The summed E-state index contributed by atoms with van der Waals surface area (Å²) in [5.74, 6) is 0.859. The molecule has 0 bridgehead atoms. The van der Waals surface area contributed by atoms with Crippen molar-refractivity contribution in [3.05, 3.63) is 72.4 Å². The van der Waals surface area contributed by atoms with Gasteiger partial charge in [0.05, 0.1) is 54.1 Å². The fraction of sp³-hybridized carbons (Fsp3) is 0.439. The van der Waals surface area contributed by atoms with E-state index in [0.29, 0.717) is 13.1 Å². The number of alkyl carbamates (subject to hydrolysis) is 1. The smallest absolute Gasteiger partial charge is 0.410 e. The molecule has 13 nitrogen and oxygen atoms in total. The van der Waals surface area contributed by atoms with E-state index in [0.717, 1.165) is 81.5 Å². The Morgan fingerprint density at radius 2 is 1.52 bits per heavy atom. The van der Waals surface area contributed by atoms with E-state index in [-0.39, 0.29) is 30.6 Å². The number of hydrogen-bond acceptors (Lipinski definition) is 8. The molecule has 3 aromatic carbocycles. The highest BCUT2D eigenvalue weighted by molar-refractivity contribution is 5.92. The number of aromatic nitrogens is 4. The molecule has 7 rings (SSSR count). The lowest BCUT2D eigenvalue weighted by Crippen LogP contribution is -2.46. The Labute approximate surface area is 314 Å². The molecule has 0 aliphatic carbocycles. The van der Waals surface area contributed by atoms with Crippen molar-refractivity contribution in [2.24, 2.45) is 5.92 Å². The first-order valence-electron chi connectivity index (χ1n) is 18.7. The molecule has 0 spiro atoms. The Morgan fingerprint density at radius 3 is 2.22 bits per heavy atom. The maximum absolute atomic E-state index is 13.8. The van der Waals surface area contributed by atoms with Gasteiger partial charge in [-0.05, 0) is 99.5 Å². The van der Waals surface area contributed by atoms with Crippen LogP contribution in [0.2, 0.25) is 0 Å². The van der Waals surface area contributed by atoms with Gasteiger partial charge in [-0.1, -0.05) is 30.3 Å². The summed E-state index contributed by atoms with van der Waals surface area (Å²) < 4.78 is 15.9. The van der Waals surface area contributed by atoms with E-state index in [1.165, 1.54) is 7.11 Å². The number of carbonyl (C=O) groups excluding carboxylic acids is 3. The van der Waals surface area contributed by atoms with Crippen molar-refractivity contribution in [2.45, 2.75) is 77.2 Å². The summed E-state index contributed by atoms with van der Waals surface area (Å²) in [4.78, 5) is 58.7. The van der Waals surface area contributed by atoms with Crippen LogP contribution in [0.1, 0.15) is 77.1 Å². The number of imidazole rings is 2. The first-order valence-corrected chi connectivity index (χ1v) is 18.7. The minimum atomic E-state index is -0.587. The number of ether oxygens (including phenoxy) is 3. The Balaban J connectivity index is 1.07. The van der Waals surface area contributed by atoms with Crippen LogP contribution in [0, 0.1) is 5.92 Å². The molecule has 0 saturated carbocycles. The van der Waals surface area contributed by atoms with Crippen molar-refractivity contribution < 1.29 is 28.6 Å². The van der Waals surface area contributed by atoms with Gasteiger partial charge >= 0.3 is 12.2 Å². The number of nitrogens with one attached hydrogen (secondary N) is 3. The highest BCUT2D eigenvalue weighted by Crippen LogP contribution is 2.36. The Morgan fingerprint density at radius 1 is 0.870 bits per heavy atom. The predicted octanol–water partition coefficient (Wildman–Crippen LogP) is 7.52. The van der Waals surface area contributed by atoms with Gasteiger partial charge in [0.25, 0.3) is 0 Å². The predicted molar refractivity (Wildman–Crippen MR) is 206 cm³/mol. The monoisotopic (exact) mass is 735 g/mol. The molecule has 2 aliphatic heterocycles. The lowest BCUT2D eigenvalue weighted by atomic mass is 9.99. The van der Waals surface area contributed by atoms with Crippen molar-refractivity contribution in [3.63, 3.8) is 0 Å². The number of benzene rings is 3. The molecule has 3 amide bonds. The van der Waals surface area contributed by atoms with Gasteiger partial charge in [-0.3, -0.25) is 9.69 Å². The van der Waals surface area contributed by atoms with Crippen molar-refractivity contribution in [3.8, 4) is 22.4 Å². The molecule has 2 fully saturated rings. The molecule has 5 aromatic rings. The van der Waals surface area contributed by atoms with E-state index in [4.69, 9.17) is 24.2 Å². The van der Waals surface area contributed by atoms with Crippen LogP contribution in [-0.2, 0) is 19.0 Å². The van der Waals surface area contributed by atoms with Gasteiger partial charge in [-0.2, -0.15) is 0 Å². The molecule has 2 aromatic heterocycles. The average molecular weight is 736 g/mol. The van der Waals surface area contributed by atoms with Gasteiger partial charge < -0.3 is 34.4 Å². The molecule has 0 radical (unpaired) electrons. The van der Waals surface area contributed by atoms with Gasteiger partial charge in [-0.15, -0.1) is 0 Å². The van der Waals surface area contributed by atoms with Gasteiger partial charge in [0.2, 0.25) is 5.91 Å². The topological polar surface area (TPSA) is 155 Å². The first-order chi connectivity index (χ1) is 25.9. The SMILES string of the molecule is COC(=O)NC[C@H](C(=O)N1CCCC1c1ncc(-c2ccc3cc(-c4ccc5nc([C@@H]6CCCN6C(=O)OC(C)(C)C)[nH]c5c4)ccc3c2)[nH]1)[C@@H](C)OC. The maximum Gasteiger partial charge on any atom is 0.410 e. The molecule has 4 heterocycles. The summed E-state index contributed by atoms with van der Waals surface area (Å²) >= 11 is 0. The number of methoxy groups -OCH3 is 2. The van der Waals surface area contributed by atoms with E-state index >= 15 is 0 Å². The number of rotatable bonds is 9.